The lowest BCUT2D eigenvalue weighted by Gasteiger charge is -2.19. The van der Waals surface area contributed by atoms with Crippen LogP contribution in [-0.2, 0) is 11.2 Å². The van der Waals surface area contributed by atoms with Crippen molar-refractivity contribution in [2.24, 2.45) is 5.92 Å². The van der Waals surface area contributed by atoms with Crippen molar-refractivity contribution >= 4 is 11.9 Å². The first kappa shape index (κ1) is 16.5. The highest BCUT2D eigenvalue weighted by atomic mass is 16.6. The van der Waals surface area contributed by atoms with Gasteiger partial charge in [0.2, 0.25) is 0 Å². The van der Waals surface area contributed by atoms with Gasteiger partial charge in [0.05, 0.1) is 0 Å². The van der Waals surface area contributed by atoms with Gasteiger partial charge in [-0.1, -0.05) is 0 Å². The Hall–Kier alpha value is -1.85. The van der Waals surface area contributed by atoms with Gasteiger partial charge in [-0.2, -0.15) is 0 Å². The molecule has 6 nitrogen and oxygen atoms in total. The Balaban J connectivity index is 1.61. The molecule has 1 aliphatic carbocycles. The number of alkyl carbamates (subject to hydrolysis) is 1. The van der Waals surface area contributed by atoms with Crippen molar-refractivity contribution in [1.82, 2.24) is 15.3 Å². The van der Waals surface area contributed by atoms with E-state index in [2.05, 4.69) is 20.6 Å². The summed E-state index contributed by atoms with van der Waals surface area (Å²) in [6.07, 6.45) is 5.74. The number of aromatic nitrogens is 2. The zero-order chi connectivity index (χ0) is 16.0. The van der Waals surface area contributed by atoms with E-state index in [1.54, 1.807) is 6.33 Å². The molecular weight excluding hydrogens is 280 g/mol. The van der Waals surface area contributed by atoms with Gasteiger partial charge in [-0.3, -0.25) is 0 Å². The third-order valence-electron chi connectivity index (χ3n) is 3.25. The maximum absolute atomic E-state index is 11.5. The number of ether oxygens (including phenoxy) is 1. The SMILES string of the molecule is CC(C)(C)OC(=O)NCCCNc1cc(CC2CC2)ncn1. The quantitative estimate of drug-likeness (QED) is 0.758. The van der Waals surface area contributed by atoms with Crippen molar-refractivity contribution in [3.05, 3.63) is 18.1 Å². The Morgan fingerprint density at radius 2 is 2.09 bits per heavy atom. The molecule has 0 atom stereocenters. The predicted octanol–water partition coefficient (Wildman–Crippen LogP) is 2.76. The minimum Gasteiger partial charge on any atom is -0.444 e. The molecule has 22 heavy (non-hydrogen) atoms. The molecule has 1 aliphatic rings. The van der Waals surface area contributed by atoms with Crippen molar-refractivity contribution in [1.29, 1.82) is 0 Å². The number of hydrogen-bond acceptors (Lipinski definition) is 5. The first-order valence-electron chi connectivity index (χ1n) is 7.94. The molecule has 122 valence electrons. The van der Waals surface area contributed by atoms with Crippen molar-refractivity contribution in [3.8, 4) is 0 Å². The van der Waals surface area contributed by atoms with Gasteiger partial charge >= 0.3 is 6.09 Å². The number of rotatable bonds is 7. The van der Waals surface area contributed by atoms with Crippen LogP contribution in [0.25, 0.3) is 0 Å². The number of nitrogens with zero attached hydrogens (tertiary/aromatic N) is 2. The molecule has 0 spiro atoms. The van der Waals surface area contributed by atoms with Gasteiger partial charge in [-0.15, -0.1) is 0 Å². The van der Waals surface area contributed by atoms with Crippen LogP contribution in [0.15, 0.2) is 12.4 Å². The lowest BCUT2D eigenvalue weighted by Crippen LogP contribution is -2.33. The second kappa shape index (κ2) is 7.42. The third-order valence-corrected chi connectivity index (χ3v) is 3.25. The highest BCUT2D eigenvalue weighted by molar-refractivity contribution is 5.67. The molecule has 0 saturated heterocycles. The fraction of sp³-hybridized carbons (Fsp3) is 0.688. The van der Waals surface area contributed by atoms with Gasteiger partial charge in [-0.05, 0) is 52.4 Å². The molecule has 0 radical (unpaired) electrons. The van der Waals surface area contributed by atoms with E-state index in [-0.39, 0.29) is 6.09 Å². The first-order chi connectivity index (χ1) is 10.4. The molecule has 1 aromatic heterocycles. The number of anilines is 1. The highest BCUT2D eigenvalue weighted by Gasteiger charge is 2.22. The summed E-state index contributed by atoms with van der Waals surface area (Å²) < 4.78 is 5.17. The molecule has 1 fully saturated rings. The average molecular weight is 306 g/mol. The van der Waals surface area contributed by atoms with E-state index in [4.69, 9.17) is 4.74 Å². The molecular formula is C16H26N4O2. The topological polar surface area (TPSA) is 76.1 Å². The molecule has 1 saturated carbocycles. The van der Waals surface area contributed by atoms with Crippen molar-refractivity contribution in [3.63, 3.8) is 0 Å². The van der Waals surface area contributed by atoms with E-state index in [0.29, 0.717) is 6.54 Å². The summed E-state index contributed by atoms with van der Waals surface area (Å²) >= 11 is 0. The van der Waals surface area contributed by atoms with E-state index in [1.165, 1.54) is 12.8 Å². The minimum atomic E-state index is -0.457. The van der Waals surface area contributed by atoms with E-state index >= 15 is 0 Å². The van der Waals surface area contributed by atoms with Crippen LogP contribution < -0.4 is 10.6 Å². The molecule has 6 heteroatoms. The summed E-state index contributed by atoms with van der Waals surface area (Å²) in [5, 5.41) is 5.99. The number of amides is 1. The molecule has 0 bridgehead atoms. The normalized spacial score (nSPS) is 14.5. The van der Waals surface area contributed by atoms with Crippen LogP contribution in [0.1, 0.15) is 45.7 Å². The van der Waals surface area contributed by atoms with Crippen LogP contribution in [0.2, 0.25) is 0 Å². The van der Waals surface area contributed by atoms with E-state index in [0.717, 1.165) is 36.8 Å². The minimum absolute atomic E-state index is 0.374. The Kier molecular flexibility index (Phi) is 5.57. The second-order valence-electron chi connectivity index (χ2n) is 6.75. The number of carbonyl (C=O) groups excluding carboxylic acids is 1. The van der Waals surface area contributed by atoms with Gasteiger partial charge in [0.15, 0.2) is 0 Å². The maximum atomic E-state index is 11.5. The summed E-state index contributed by atoms with van der Waals surface area (Å²) in [5.74, 6) is 1.67. The monoisotopic (exact) mass is 306 g/mol. The average Bonchev–Trinajstić information content (AvgIpc) is 3.20. The smallest absolute Gasteiger partial charge is 0.407 e. The first-order valence-corrected chi connectivity index (χ1v) is 7.94. The zero-order valence-corrected chi connectivity index (χ0v) is 13.7. The van der Waals surface area contributed by atoms with Gasteiger partial charge in [0.25, 0.3) is 0 Å². The number of nitrogens with one attached hydrogen (secondary N) is 2. The van der Waals surface area contributed by atoms with Crippen LogP contribution >= 0.6 is 0 Å². The van der Waals surface area contributed by atoms with E-state index < -0.39 is 5.60 Å². The highest BCUT2D eigenvalue weighted by Crippen LogP contribution is 2.32. The Morgan fingerprint density at radius 3 is 2.77 bits per heavy atom. The molecule has 0 unspecified atom stereocenters. The predicted molar refractivity (Wildman–Crippen MR) is 85.8 cm³/mol. The lowest BCUT2D eigenvalue weighted by atomic mass is 10.2. The van der Waals surface area contributed by atoms with Crippen molar-refractivity contribution in [2.45, 2.75) is 52.1 Å². The second-order valence-corrected chi connectivity index (χ2v) is 6.75. The van der Waals surface area contributed by atoms with Crippen LogP contribution in [-0.4, -0.2) is 34.8 Å². The summed E-state index contributed by atoms with van der Waals surface area (Å²) in [5.41, 5.74) is 0.646. The van der Waals surface area contributed by atoms with Gasteiger partial charge in [0.1, 0.15) is 17.7 Å². The number of carbonyl (C=O) groups is 1. The summed E-state index contributed by atoms with van der Waals surface area (Å²) in [6.45, 7) is 6.87. The largest absolute Gasteiger partial charge is 0.444 e. The van der Waals surface area contributed by atoms with Crippen LogP contribution in [0.4, 0.5) is 10.6 Å². The maximum Gasteiger partial charge on any atom is 0.407 e. The Morgan fingerprint density at radius 1 is 1.32 bits per heavy atom. The van der Waals surface area contributed by atoms with E-state index in [9.17, 15) is 4.79 Å². The van der Waals surface area contributed by atoms with E-state index in [1.807, 2.05) is 26.8 Å². The number of hydrogen-bond donors (Lipinski definition) is 2. The summed E-state index contributed by atoms with van der Waals surface area (Å²) in [6, 6.07) is 2.01. The van der Waals surface area contributed by atoms with Crippen LogP contribution in [0.5, 0.6) is 0 Å². The van der Waals surface area contributed by atoms with Gasteiger partial charge in [0, 0.05) is 24.8 Å². The lowest BCUT2D eigenvalue weighted by molar-refractivity contribution is 0.0528. The molecule has 0 aromatic carbocycles. The molecule has 1 amide bonds. The van der Waals surface area contributed by atoms with Gasteiger partial charge in [-0.25, -0.2) is 14.8 Å². The Bertz CT molecular complexity index is 495. The summed E-state index contributed by atoms with van der Waals surface area (Å²) in [7, 11) is 0. The van der Waals surface area contributed by atoms with Crippen LogP contribution in [0, 0.1) is 5.92 Å². The standard InChI is InChI=1S/C16H26N4O2/c1-16(2,3)22-15(21)18-8-4-7-17-14-10-13(19-11-20-14)9-12-5-6-12/h10-12H,4-9H2,1-3H3,(H,18,21)(H,17,19,20). The Labute approximate surface area is 132 Å². The fourth-order valence-corrected chi connectivity index (χ4v) is 2.03. The fourth-order valence-electron chi connectivity index (χ4n) is 2.03. The van der Waals surface area contributed by atoms with Gasteiger partial charge < -0.3 is 15.4 Å². The molecule has 1 aromatic rings. The summed E-state index contributed by atoms with van der Waals surface area (Å²) in [4.78, 5) is 20.0. The molecule has 2 N–H and O–H groups in total. The van der Waals surface area contributed by atoms with Crippen molar-refractivity contribution < 1.29 is 9.53 Å². The molecule has 0 aliphatic heterocycles. The van der Waals surface area contributed by atoms with Crippen LogP contribution in [0.3, 0.4) is 0 Å². The zero-order valence-electron chi connectivity index (χ0n) is 13.7. The third kappa shape index (κ3) is 6.74. The molecule has 2 rings (SSSR count). The van der Waals surface area contributed by atoms with Crippen molar-refractivity contribution in [2.75, 3.05) is 18.4 Å². The molecule has 1 heterocycles.